The van der Waals surface area contributed by atoms with Gasteiger partial charge in [-0.15, -0.1) is 0 Å². The Balaban J connectivity index is 2.12. The molecule has 2 rings (SSSR count). The minimum absolute atomic E-state index is 0.0109. The fourth-order valence-electron chi connectivity index (χ4n) is 1.57. The van der Waals surface area contributed by atoms with Crippen LogP contribution >= 0.6 is 11.6 Å². The first-order chi connectivity index (χ1) is 9.20. The van der Waals surface area contributed by atoms with E-state index < -0.39 is 0 Å². The molecule has 0 spiro atoms. The zero-order valence-electron chi connectivity index (χ0n) is 10.0. The molecule has 96 valence electrons. The van der Waals surface area contributed by atoms with Crippen LogP contribution < -0.4 is 10.3 Å². The van der Waals surface area contributed by atoms with Crippen LogP contribution in [-0.4, -0.2) is 4.57 Å². The van der Waals surface area contributed by atoms with Crippen molar-refractivity contribution in [3.63, 3.8) is 0 Å². The molecule has 1 aromatic heterocycles. The summed E-state index contributed by atoms with van der Waals surface area (Å²) in [7, 11) is 0. The number of nitriles is 1. The van der Waals surface area contributed by atoms with Gasteiger partial charge in [-0.1, -0.05) is 23.7 Å². The third kappa shape index (κ3) is 3.36. The third-order valence-electron chi connectivity index (χ3n) is 2.53. The van der Waals surface area contributed by atoms with Gasteiger partial charge in [0.25, 0.3) is 5.56 Å². The van der Waals surface area contributed by atoms with E-state index in [-0.39, 0.29) is 24.5 Å². The highest BCUT2D eigenvalue weighted by Gasteiger charge is 2.04. The van der Waals surface area contributed by atoms with E-state index in [9.17, 15) is 4.79 Å². The van der Waals surface area contributed by atoms with Crippen molar-refractivity contribution in [2.24, 2.45) is 0 Å². The van der Waals surface area contributed by atoms with Gasteiger partial charge in [0.2, 0.25) is 0 Å². The minimum Gasteiger partial charge on any atom is -0.483 e. The summed E-state index contributed by atoms with van der Waals surface area (Å²) in [6.45, 7) is 0.292. The second-order valence-electron chi connectivity index (χ2n) is 3.88. The summed E-state index contributed by atoms with van der Waals surface area (Å²) in [4.78, 5) is 11.9. The van der Waals surface area contributed by atoms with Gasteiger partial charge >= 0.3 is 0 Å². The van der Waals surface area contributed by atoms with Gasteiger partial charge in [0.15, 0.2) is 5.75 Å². The van der Waals surface area contributed by atoms with Gasteiger partial charge in [-0.05, 0) is 29.8 Å². The van der Waals surface area contributed by atoms with E-state index in [1.54, 1.807) is 30.5 Å². The largest absolute Gasteiger partial charge is 0.483 e. The highest BCUT2D eigenvalue weighted by molar-refractivity contribution is 6.30. The van der Waals surface area contributed by atoms with Crippen molar-refractivity contribution >= 4 is 11.6 Å². The summed E-state index contributed by atoms with van der Waals surface area (Å²) < 4.78 is 6.77. The fraction of sp³-hybridized carbons (Fsp3) is 0.143. The summed E-state index contributed by atoms with van der Waals surface area (Å²) in [5.41, 5.74) is 0.609. The molecule has 4 nitrogen and oxygen atoms in total. The number of rotatable bonds is 4. The second-order valence-corrected chi connectivity index (χ2v) is 4.32. The first-order valence-corrected chi connectivity index (χ1v) is 6.02. The van der Waals surface area contributed by atoms with Crippen LogP contribution in [-0.2, 0) is 13.2 Å². The Morgan fingerprint density at radius 2 is 2.00 bits per heavy atom. The zero-order valence-corrected chi connectivity index (χ0v) is 10.8. The van der Waals surface area contributed by atoms with E-state index in [4.69, 9.17) is 21.6 Å². The lowest BCUT2D eigenvalue weighted by Gasteiger charge is -2.07. The van der Waals surface area contributed by atoms with Crippen LogP contribution in [0.3, 0.4) is 0 Å². The van der Waals surface area contributed by atoms with Crippen LogP contribution in [0.4, 0.5) is 0 Å². The van der Waals surface area contributed by atoms with Crippen molar-refractivity contribution in [1.82, 2.24) is 4.57 Å². The second kappa shape index (κ2) is 6.07. The summed E-state index contributed by atoms with van der Waals surface area (Å²) in [6.07, 6.45) is 1.56. The molecule has 0 aliphatic heterocycles. The van der Waals surface area contributed by atoms with Crippen molar-refractivity contribution in [3.05, 3.63) is 63.5 Å². The number of hydrogen-bond acceptors (Lipinski definition) is 3. The molecule has 0 radical (unpaired) electrons. The van der Waals surface area contributed by atoms with E-state index in [1.807, 2.05) is 18.2 Å². The predicted octanol–water partition coefficient (Wildman–Crippen LogP) is 2.60. The van der Waals surface area contributed by atoms with Crippen LogP contribution in [0.15, 0.2) is 47.4 Å². The zero-order chi connectivity index (χ0) is 13.7. The highest BCUT2D eigenvalue weighted by Crippen LogP contribution is 2.11. The molecule has 0 N–H and O–H groups in total. The van der Waals surface area contributed by atoms with Gasteiger partial charge in [-0.3, -0.25) is 9.36 Å². The molecular weight excluding hydrogens is 264 g/mol. The van der Waals surface area contributed by atoms with Crippen LogP contribution in [0.2, 0.25) is 5.02 Å². The maximum atomic E-state index is 11.9. The molecule has 19 heavy (non-hydrogen) atoms. The van der Waals surface area contributed by atoms with E-state index in [0.717, 1.165) is 5.56 Å². The number of hydrogen-bond donors (Lipinski definition) is 0. The average Bonchev–Trinajstić information content (AvgIpc) is 2.42. The summed E-state index contributed by atoms with van der Waals surface area (Å²) in [6, 6.07) is 12.4. The first kappa shape index (κ1) is 13.2. The Morgan fingerprint density at radius 1 is 1.26 bits per heavy atom. The molecule has 0 saturated heterocycles. The molecule has 0 bridgehead atoms. The smallest absolute Gasteiger partial charge is 0.293 e. The monoisotopic (exact) mass is 274 g/mol. The van der Waals surface area contributed by atoms with Crippen LogP contribution in [0.25, 0.3) is 0 Å². The maximum Gasteiger partial charge on any atom is 0.293 e. The molecule has 0 fully saturated rings. The lowest BCUT2D eigenvalue weighted by atomic mass is 10.2. The summed E-state index contributed by atoms with van der Waals surface area (Å²) in [5.74, 6) is 0.229. The van der Waals surface area contributed by atoms with Gasteiger partial charge in [0.05, 0.1) is 6.07 Å². The number of ether oxygens (including phenoxy) is 1. The molecule has 0 aliphatic carbocycles. The lowest BCUT2D eigenvalue weighted by Crippen LogP contribution is -2.20. The highest BCUT2D eigenvalue weighted by atomic mass is 35.5. The van der Waals surface area contributed by atoms with Crippen molar-refractivity contribution in [3.8, 4) is 11.8 Å². The predicted molar refractivity (Wildman–Crippen MR) is 72.1 cm³/mol. The Bertz CT molecular complexity index is 656. The quantitative estimate of drug-likeness (QED) is 0.861. The van der Waals surface area contributed by atoms with Crippen LogP contribution in [0.5, 0.6) is 5.75 Å². The molecular formula is C14H11ClN2O2. The van der Waals surface area contributed by atoms with Crippen molar-refractivity contribution in [2.75, 3.05) is 0 Å². The molecule has 1 heterocycles. The van der Waals surface area contributed by atoms with Crippen molar-refractivity contribution < 1.29 is 4.74 Å². The van der Waals surface area contributed by atoms with E-state index in [1.165, 1.54) is 4.57 Å². The van der Waals surface area contributed by atoms with E-state index in [0.29, 0.717) is 5.02 Å². The van der Waals surface area contributed by atoms with Crippen LogP contribution in [0.1, 0.15) is 5.56 Å². The molecule has 5 heteroatoms. The summed E-state index contributed by atoms with van der Waals surface area (Å²) >= 11 is 5.78. The van der Waals surface area contributed by atoms with Gasteiger partial charge in [0, 0.05) is 11.2 Å². The molecule has 0 saturated carbocycles. The van der Waals surface area contributed by atoms with Gasteiger partial charge in [0.1, 0.15) is 13.2 Å². The lowest BCUT2D eigenvalue weighted by molar-refractivity contribution is 0.299. The van der Waals surface area contributed by atoms with Gasteiger partial charge < -0.3 is 4.74 Å². The van der Waals surface area contributed by atoms with Gasteiger partial charge in [-0.2, -0.15) is 5.26 Å². The van der Waals surface area contributed by atoms with Crippen LogP contribution in [0, 0.1) is 11.3 Å². The Morgan fingerprint density at radius 3 is 2.68 bits per heavy atom. The topological polar surface area (TPSA) is 55.0 Å². The molecule has 0 amide bonds. The Labute approximate surface area is 115 Å². The SMILES string of the molecule is N#CCn1cccc(OCc2ccc(Cl)cc2)c1=O. The maximum absolute atomic E-state index is 11.9. The number of halogens is 1. The van der Waals surface area contributed by atoms with Crippen molar-refractivity contribution in [1.29, 1.82) is 5.26 Å². The molecule has 0 atom stereocenters. The van der Waals surface area contributed by atoms with Crippen molar-refractivity contribution in [2.45, 2.75) is 13.2 Å². The average molecular weight is 275 g/mol. The third-order valence-corrected chi connectivity index (χ3v) is 2.79. The van der Waals surface area contributed by atoms with E-state index in [2.05, 4.69) is 0 Å². The minimum atomic E-state index is -0.307. The van der Waals surface area contributed by atoms with E-state index >= 15 is 0 Å². The summed E-state index contributed by atoms with van der Waals surface area (Å²) in [5, 5.41) is 9.26. The number of aromatic nitrogens is 1. The number of pyridine rings is 1. The molecule has 1 aromatic carbocycles. The first-order valence-electron chi connectivity index (χ1n) is 5.64. The standard InChI is InChI=1S/C14H11ClN2O2/c15-12-5-3-11(4-6-12)10-19-13-2-1-8-17(9-7-16)14(13)18/h1-6,8H,9-10H2. The molecule has 0 unspecified atom stereocenters. The molecule has 0 aliphatic rings. The number of nitrogens with zero attached hydrogens (tertiary/aromatic N) is 2. The van der Waals surface area contributed by atoms with Gasteiger partial charge in [-0.25, -0.2) is 0 Å². The fourth-order valence-corrected chi connectivity index (χ4v) is 1.69. The normalized spacial score (nSPS) is 9.89. The number of benzene rings is 1. The Kier molecular flexibility index (Phi) is 4.22. The Hall–Kier alpha value is -2.25. The molecule has 2 aromatic rings.